The molecule has 26 heavy (non-hydrogen) atoms. The van der Waals surface area contributed by atoms with Crippen LogP contribution in [-0.4, -0.2) is 60.1 Å². The van der Waals surface area contributed by atoms with Gasteiger partial charge in [0.1, 0.15) is 18.0 Å². The number of rotatable bonds is 5. The Morgan fingerprint density at radius 1 is 0.885 bits per heavy atom. The van der Waals surface area contributed by atoms with Crippen LogP contribution in [0.2, 0.25) is 0 Å². The summed E-state index contributed by atoms with van der Waals surface area (Å²) in [5, 5.41) is 9.46. The van der Waals surface area contributed by atoms with Crippen LogP contribution in [0.15, 0.2) is 12.4 Å². The third-order valence-corrected chi connectivity index (χ3v) is 6.19. The lowest BCUT2D eigenvalue weighted by molar-refractivity contribution is -0.0195. The summed E-state index contributed by atoms with van der Waals surface area (Å²) >= 11 is 0. The first-order chi connectivity index (χ1) is 12.8. The number of piperidine rings is 2. The molecule has 6 nitrogen and oxygen atoms in total. The van der Waals surface area contributed by atoms with E-state index >= 15 is 0 Å². The Labute approximate surface area is 156 Å². The van der Waals surface area contributed by atoms with Gasteiger partial charge in [0.05, 0.1) is 12.2 Å². The molecule has 0 bridgehead atoms. The zero-order valence-electron chi connectivity index (χ0n) is 15.7. The van der Waals surface area contributed by atoms with Gasteiger partial charge in [0.15, 0.2) is 0 Å². The first-order valence-corrected chi connectivity index (χ1v) is 10.4. The molecule has 3 fully saturated rings. The Bertz CT molecular complexity index is 571. The Morgan fingerprint density at radius 3 is 2.31 bits per heavy atom. The van der Waals surface area contributed by atoms with Gasteiger partial charge in [-0.3, -0.25) is 0 Å². The maximum Gasteiger partial charge on any atom is 0.134 e. The maximum absolute atomic E-state index is 9.46. The van der Waals surface area contributed by atoms with Gasteiger partial charge in [-0.1, -0.05) is 12.8 Å². The number of aliphatic hydroxyl groups is 1. The molecule has 3 aliphatic rings. The molecule has 1 atom stereocenters. The second-order valence-electron chi connectivity index (χ2n) is 8.10. The highest BCUT2D eigenvalue weighted by molar-refractivity contribution is 5.50. The van der Waals surface area contributed by atoms with Gasteiger partial charge in [0.2, 0.25) is 0 Å². The Balaban J connectivity index is 1.33. The van der Waals surface area contributed by atoms with E-state index < -0.39 is 0 Å². The van der Waals surface area contributed by atoms with Crippen molar-refractivity contribution >= 4 is 11.6 Å². The summed E-state index contributed by atoms with van der Waals surface area (Å²) in [7, 11) is 0. The van der Waals surface area contributed by atoms with Crippen LogP contribution in [0.4, 0.5) is 11.6 Å². The van der Waals surface area contributed by atoms with Crippen LogP contribution in [0.3, 0.4) is 0 Å². The van der Waals surface area contributed by atoms with Crippen molar-refractivity contribution in [3.63, 3.8) is 0 Å². The summed E-state index contributed by atoms with van der Waals surface area (Å²) < 4.78 is 6.29. The van der Waals surface area contributed by atoms with Gasteiger partial charge in [-0.2, -0.15) is 0 Å². The molecule has 1 unspecified atom stereocenters. The van der Waals surface area contributed by atoms with Crippen molar-refractivity contribution < 1.29 is 9.84 Å². The Kier molecular flexibility index (Phi) is 5.90. The summed E-state index contributed by atoms with van der Waals surface area (Å²) in [6, 6.07) is 2.12. The van der Waals surface area contributed by atoms with Crippen molar-refractivity contribution in [3.05, 3.63) is 12.4 Å². The third kappa shape index (κ3) is 4.29. The highest BCUT2D eigenvalue weighted by Crippen LogP contribution is 2.28. The third-order valence-electron chi connectivity index (χ3n) is 6.19. The average Bonchev–Trinajstić information content (AvgIpc) is 3.22. The predicted molar refractivity (Wildman–Crippen MR) is 103 cm³/mol. The molecule has 3 heterocycles. The Hall–Kier alpha value is -1.40. The van der Waals surface area contributed by atoms with Crippen molar-refractivity contribution in [2.24, 2.45) is 5.92 Å². The highest BCUT2D eigenvalue weighted by atomic mass is 16.5. The molecule has 1 aromatic rings. The fourth-order valence-electron chi connectivity index (χ4n) is 4.62. The average molecular weight is 361 g/mol. The lowest BCUT2D eigenvalue weighted by atomic mass is 9.99. The number of hydrogen-bond acceptors (Lipinski definition) is 6. The lowest BCUT2D eigenvalue weighted by Gasteiger charge is -2.35. The van der Waals surface area contributed by atoms with Crippen molar-refractivity contribution in [2.75, 3.05) is 42.6 Å². The number of ether oxygens (including phenoxy) is 1. The minimum atomic E-state index is 0.267. The molecule has 144 valence electrons. The van der Waals surface area contributed by atoms with Gasteiger partial charge in [-0.05, 0) is 44.4 Å². The highest BCUT2D eigenvalue weighted by Gasteiger charge is 2.26. The van der Waals surface area contributed by atoms with Crippen LogP contribution in [0.25, 0.3) is 0 Å². The quantitative estimate of drug-likeness (QED) is 0.871. The Morgan fingerprint density at radius 2 is 1.58 bits per heavy atom. The first kappa shape index (κ1) is 18.0. The molecule has 1 aromatic heterocycles. The maximum atomic E-state index is 9.46. The van der Waals surface area contributed by atoms with Gasteiger partial charge in [-0.25, -0.2) is 9.97 Å². The largest absolute Gasteiger partial charge is 0.396 e. The van der Waals surface area contributed by atoms with E-state index in [-0.39, 0.29) is 6.61 Å². The monoisotopic (exact) mass is 360 g/mol. The van der Waals surface area contributed by atoms with Crippen LogP contribution < -0.4 is 9.80 Å². The standard InChI is InChI=1S/C20H32N4O2/c25-14-16-4-3-9-24(13-16)20-12-19(21-15-22-20)23-10-7-18(8-11-23)26-17-5-1-2-6-17/h12,15-18,25H,1-11,13-14H2. The summed E-state index contributed by atoms with van der Waals surface area (Å²) in [6.45, 7) is 4.19. The smallest absolute Gasteiger partial charge is 0.134 e. The summed E-state index contributed by atoms with van der Waals surface area (Å²) in [5.74, 6) is 2.39. The summed E-state index contributed by atoms with van der Waals surface area (Å²) in [4.78, 5) is 13.7. The number of aromatic nitrogens is 2. The van der Waals surface area contributed by atoms with Crippen LogP contribution in [0, 0.1) is 5.92 Å². The van der Waals surface area contributed by atoms with Crippen molar-refractivity contribution in [1.29, 1.82) is 0 Å². The number of nitrogens with zero attached hydrogens (tertiary/aromatic N) is 4. The first-order valence-electron chi connectivity index (χ1n) is 10.4. The van der Waals surface area contributed by atoms with Crippen LogP contribution in [-0.2, 0) is 4.74 Å². The molecule has 4 rings (SSSR count). The van der Waals surface area contributed by atoms with Crippen LogP contribution >= 0.6 is 0 Å². The number of anilines is 2. The fraction of sp³-hybridized carbons (Fsp3) is 0.800. The van der Waals surface area contributed by atoms with Crippen molar-refractivity contribution in [2.45, 2.75) is 63.6 Å². The molecule has 2 saturated heterocycles. The summed E-state index contributed by atoms with van der Waals surface area (Å²) in [5.41, 5.74) is 0. The topological polar surface area (TPSA) is 61.7 Å². The summed E-state index contributed by atoms with van der Waals surface area (Å²) in [6.07, 6.45) is 12.2. The van der Waals surface area contributed by atoms with Crippen molar-refractivity contribution in [1.82, 2.24) is 9.97 Å². The minimum Gasteiger partial charge on any atom is -0.396 e. The van der Waals surface area contributed by atoms with E-state index in [4.69, 9.17) is 4.74 Å². The molecule has 1 saturated carbocycles. The SMILES string of the molecule is OCC1CCCN(c2cc(N3CCC(OC4CCCC4)CC3)ncn2)C1. The minimum absolute atomic E-state index is 0.267. The fourth-order valence-corrected chi connectivity index (χ4v) is 4.62. The molecule has 0 aromatic carbocycles. The van der Waals surface area contributed by atoms with E-state index in [0.717, 1.165) is 63.5 Å². The van der Waals surface area contributed by atoms with E-state index in [1.165, 1.54) is 25.7 Å². The van der Waals surface area contributed by atoms with Gasteiger partial charge < -0.3 is 19.6 Å². The van der Waals surface area contributed by atoms with Crippen molar-refractivity contribution in [3.8, 4) is 0 Å². The zero-order valence-corrected chi connectivity index (χ0v) is 15.7. The molecular formula is C20H32N4O2. The molecule has 1 N–H and O–H groups in total. The predicted octanol–water partition coefficient (Wildman–Crippen LogP) is 2.61. The lowest BCUT2D eigenvalue weighted by Crippen LogP contribution is -2.39. The van der Waals surface area contributed by atoms with Gasteiger partial charge in [0, 0.05) is 38.9 Å². The number of aliphatic hydroxyl groups excluding tert-OH is 1. The van der Waals surface area contributed by atoms with E-state index in [1.54, 1.807) is 6.33 Å². The van der Waals surface area contributed by atoms with Gasteiger partial charge in [0.25, 0.3) is 0 Å². The molecule has 0 radical (unpaired) electrons. The molecule has 0 amide bonds. The molecular weight excluding hydrogens is 328 g/mol. The van der Waals surface area contributed by atoms with E-state index in [1.807, 2.05) is 0 Å². The molecule has 2 aliphatic heterocycles. The van der Waals surface area contributed by atoms with Gasteiger partial charge >= 0.3 is 0 Å². The van der Waals surface area contributed by atoms with Gasteiger partial charge in [-0.15, -0.1) is 0 Å². The van der Waals surface area contributed by atoms with E-state index in [2.05, 4.69) is 25.8 Å². The molecule has 1 aliphatic carbocycles. The van der Waals surface area contributed by atoms with Crippen LogP contribution in [0.5, 0.6) is 0 Å². The second kappa shape index (κ2) is 8.53. The molecule has 0 spiro atoms. The van der Waals surface area contributed by atoms with E-state index in [9.17, 15) is 5.11 Å². The van der Waals surface area contributed by atoms with E-state index in [0.29, 0.717) is 18.1 Å². The zero-order chi connectivity index (χ0) is 17.8. The second-order valence-corrected chi connectivity index (χ2v) is 8.10. The normalized spacial score (nSPS) is 25.8. The van der Waals surface area contributed by atoms with Crippen LogP contribution in [0.1, 0.15) is 51.4 Å². The number of hydrogen-bond donors (Lipinski definition) is 1. The molecule has 6 heteroatoms.